The predicted octanol–water partition coefficient (Wildman–Crippen LogP) is 8.23. The Bertz CT molecular complexity index is 3310. The van der Waals surface area contributed by atoms with Gasteiger partial charge in [0.25, 0.3) is 29.3 Å². The van der Waals surface area contributed by atoms with Crippen LogP contribution in [0.2, 0.25) is 25.1 Å². The average Bonchev–Trinajstić information content (AvgIpc) is 4.03. The molecule has 73 heavy (non-hydrogen) atoms. The van der Waals surface area contributed by atoms with Crippen molar-refractivity contribution in [2.45, 2.75) is 34.7 Å². The van der Waals surface area contributed by atoms with Gasteiger partial charge >= 0.3 is 5.91 Å². The fraction of sp³-hybridized carbons (Fsp3) is 0.205. The van der Waals surface area contributed by atoms with Gasteiger partial charge in [-0.05, 0) is 51.1 Å². The molecular weight excluding hydrogens is 1060 g/mol. The second-order valence-corrected chi connectivity index (χ2v) is 16.7. The van der Waals surface area contributed by atoms with Crippen LogP contribution in [-0.2, 0) is 25.7 Å². The summed E-state index contributed by atoms with van der Waals surface area (Å²) in [5, 5.41) is 23.7. The normalized spacial score (nSPS) is 14.7. The molecule has 0 saturated heterocycles. The number of ketones is 2. The molecule has 0 unspecified atom stereocenters. The number of aromatic hydroxyl groups is 1. The summed E-state index contributed by atoms with van der Waals surface area (Å²) < 4.78 is 1.58. The Balaban J connectivity index is 0.000000267. The van der Waals surface area contributed by atoms with E-state index in [2.05, 4.69) is 40.2 Å². The van der Waals surface area contributed by atoms with E-state index in [-0.39, 0.29) is 54.7 Å². The highest BCUT2D eigenvalue weighted by atomic mass is 35.5. The van der Waals surface area contributed by atoms with Crippen LogP contribution in [-0.4, -0.2) is 114 Å². The molecule has 0 atom stereocenters. The summed E-state index contributed by atoms with van der Waals surface area (Å²) in [5.41, 5.74) is 19.5. The lowest BCUT2D eigenvalue weighted by Gasteiger charge is -2.11. The van der Waals surface area contributed by atoms with Crippen LogP contribution >= 0.6 is 58.0 Å². The number of halogens is 5. The molecule has 10 heterocycles. The fourth-order valence-electron chi connectivity index (χ4n) is 7.24. The summed E-state index contributed by atoms with van der Waals surface area (Å²) in [6.45, 7) is 6.91. The van der Waals surface area contributed by atoms with Gasteiger partial charge in [0.15, 0.2) is 17.1 Å². The van der Waals surface area contributed by atoms with Gasteiger partial charge < -0.3 is 10.6 Å². The summed E-state index contributed by atoms with van der Waals surface area (Å²) in [6, 6.07) is 7.76. The number of hydrogen-bond acceptors (Lipinski definition) is 18. The van der Waals surface area contributed by atoms with Crippen LogP contribution in [0.5, 0.6) is 5.88 Å². The Kier molecular flexibility index (Phi) is 19.1. The number of carbonyl (C=O) groups is 6. The molecule has 10 rings (SSSR count). The van der Waals surface area contributed by atoms with Crippen LogP contribution in [0.15, 0.2) is 76.6 Å². The van der Waals surface area contributed by atoms with E-state index in [1.165, 1.54) is 69.8 Å². The molecule has 6 aromatic heterocycles. The topological polar surface area (TPSA) is 345 Å². The number of Topliss-reactive ketones (excluding diaryl/α,β-unsaturated/α-hetero) is 2. The Hall–Kier alpha value is -7.74. The van der Waals surface area contributed by atoms with Crippen molar-refractivity contribution < 1.29 is 40.8 Å². The lowest BCUT2D eigenvalue weighted by molar-refractivity contribution is -0.114. The minimum atomic E-state index is -0.565. The molecule has 4 aliphatic heterocycles. The van der Waals surface area contributed by atoms with Crippen LogP contribution in [0.3, 0.4) is 0 Å². The molecule has 0 spiro atoms. The first-order valence-electron chi connectivity index (χ1n) is 20.4. The molecule has 0 radical (unpaired) electrons. The van der Waals surface area contributed by atoms with Crippen LogP contribution in [0.1, 0.15) is 61.5 Å². The standard InChI is InChI=1S/C17H12Cl2N6O2.C9H9ClN4O.C9H7ClN2O2.C8H5ClN2O2.CH4.H2N2.H2O.H2/c1-3-25-15-11(5-9(19)7-21-15)13(17(25)27)23-22-12-10-4-8(18)6-20-14(10)24(2)16(12)26;1-2-14-8-6(3-5(10)4-12-8)7(13-11)9(14)15;1-2-12-8-6(7(13)9(12)14)3-5(10)4-11-8;1-11-7-5(6(12)8(11)13)2-4(9)3-10-7;;1-2;;/h4-7H,3H2,1-2H3;3-4,11,15H,2H2,1H3;3-4H,2H2,1H3;2-3H,1H3;1H4;1-2H;1H2;1H/b22-12-,23-13-;;;;;;;. The zero-order valence-corrected chi connectivity index (χ0v) is 41.8. The number of nitrogens with zero attached hydrogens (tertiary/aromatic N) is 13. The summed E-state index contributed by atoms with van der Waals surface area (Å²) >= 11 is 29.1. The SMILES string of the molecule is C.CCN1C(=O)/C(=N\N=C2/C(=O)N(C)c3ncc(Cl)cc32)c2cc(Cl)cnc21.CCN1C(=O)C(=O)c2cc(Cl)cnc21.CCn1c(O)c(N=N)c2cc(Cl)cnc21.CN1C(=O)C(=O)c2cc(Cl)cnc21.N=N.O.[HH]. The smallest absolute Gasteiger partial charge is 0.300 e. The number of rotatable bonds is 5. The van der Waals surface area contributed by atoms with E-state index in [0.29, 0.717) is 95.7 Å². The predicted molar refractivity (Wildman–Crippen MR) is 276 cm³/mol. The molecule has 0 aliphatic carbocycles. The van der Waals surface area contributed by atoms with E-state index < -0.39 is 23.4 Å². The van der Waals surface area contributed by atoms with E-state index in [4.69, 9.17) is 74.6 Å². The minimum Gasteiger partial charge on any atom is -0.493 e. The van der Waals surface area contributed by atoms with Crippen LogP contribution in [0.25, 0.3) is 11.0 Å². The van der Waals surface area contributed by atoms with E-state index in [0.717, 1.165) is 0 Å². The number of likely N-dealkylation sites (N-methyl/N-ethyl adjacent to an activating group) is 4. The minimum absolute atomic E-state index is 0. The van der Waals surface area contributed by atoms with Crippen LogP contribution < -0.4 is 19.6 Å². The third-order valence-electron chi connectivity index (χ3n) is 10.5. The number of anilines is 4. The van der Waals surface area contributed by atoms with Gasteiger partial charge in [0.05, 0.1) is 52.8 Å². The first-order valence-corrected chi connectivity index (χ1v) is 22.3. The highest BCUT2D eigenvalue weighted by Gasteiger charge is 2.38. The second-order valence-electron chi connectivity index (χ2n) is 14.5. The van der Waals surface area contributed by atoms with E-state index >= 15 is 0 Å². The Morgan fingerprint density at radius 2 is 0.918 bits per heavy atom. The molecule has 0 fully saturated rings. The van der Waals surface area contributed by atoms with Crippen LogP contribution in [0, 0.1) is 16.6 Å². The first kappa shape index (κ1) is 57.8. The van der Waals surface area contributed by atoms with Gasteiger partial charge in [-0.2, -0.15) is 5.11 Å². The van der Waals surface area contributed by atoms with Crippen molar-refractivity contribution in [1.82, 2.24) is 29.5 Å². The van der Waals surface area contributed by atoms with Gasteiger partial charge in [0, 0.05) is 66.1 Å². The molecule has 4 amide bonds. The molecular formula is C44H43Cl5N16O8. The maximum absolute atomic E-state index is 12.7. The van der Waals surface area contributed by atoms with Gasteiger partial charge in [-0.15, -0.1) is 10.2 Å². The number of hydrogen-bond donors (Lipinski definition) is 4. The van der Waals surface area contributed by atoms with Gasteiger partial charge in [-0.1, -0.05) is 65.4 Å². The van der Waals surface area contributed by atoms with Crippen molar-refractivity contribution in [2.75, 3.05) is 46.8 Å². The number of carbonyl (C=O) groups excluding carboxylic acids is 6. The largest absolute Gasteiger partial charge is 0.493 e. The number of pyridine rings is 5. The van der Waals surface area contributed by atoms with E-state index in [9.17, 15) is 33.9 Å². The highest BCUT2D eigenvalue weighted by molar-refractivity contribution is 6.56. The third kappa shape index (κ3) is 11.0. The monoisotopic (exact) mass is 1100 g/mol. The fourth-order valence-corrected chi connectivity index (χ4v) is 8.03. The molecule has 0 aromatic carbocycles. The number of aromatic nitrogens is 6. The van der Waals surface area contributed by atoms with Crippen molar-refractivity contribution in [2.24, 2.45) is 15.3 Å². The van der Waals surface area contributed by atoms with Crippen molar-refractivity contribution in [3.8, 4) is 5.88 Å². The third-order valence-corrected chi connectivity index (χ3v) is 11.5. The quantitative estimate of drug-likeness (QED) is 0.0720. The molecule has 382 valence electrons. The number of aryl methyl sites for hydroxylation is 1. The van der Waals surface area contributed by atoms with Crippen LogP contribution in [0.4, 0.5) is 29.0 Å². The van der Waals surface area contributed by atoms with Crippen molar-refractivity contribution in [1.29, 1.82) is 16.6 Å². The lowest BCUT2D eigenvalue weighted by atomic mass is 10.2. The van der Waals surface area contributed by atoms with Crippen molar-refractivity contribution in [3.05, 3.63) is 109 Å². The van der Waals surface area contributed by atoms with E-state index in [1.54, 1.807) is 36.7 Å². The number of nitrogens with one attached hydrogen (secondary N) is 3. The van der Waals surface area contributed by atoms with Gasteiger partial charge in [0.2, 0.25) is 5.88 Å². The molecule has 24 nitrogen and oxygen atoms in total. The second kappa shape index (κ2) is 24.1. The van der Waals surface area contributed by atoms with E-state index in [1.807, 2.05) is 13.8 Å². The highest BCUT2D eigenvalue weighted by Crippen LogP contribution is 2.38. The Labute approximate surface area is 440 Å². The lowest BCUT2D eigenvalue weighted by Crippen LogP contribution is -2.30. The zero-order chi connectivity index (χ0) is 52.2. The average molecular weight is 1100 g/mol. The maximum Gasteiger partial charge on any atom is 0.300 e. The Morgan fingerprint density at radius 1 is 0.548 bits per heavy atom. The number of fused-ring (bicyclic) bond motifs is 5. The molecule has 0 saturated carbocycles. The summed E-state index contributed by atoms with van der Waals surface area (Å²) in [7, 11) is 3.09. The Morgan fingerprint density at radius 3 is 1.41 bits per heavy atom. The molecule has 6 aromatic rings. The zero-order valence-electron chi connectivity index (χ0n) is 38.0. The van der Waals surface area contributed by atoms with Crippen molar-refractivity contribution in [3.63, 3.8) is 0 Å². The number of amides is 4. The maximum atomic E-state index is 12.7. The van der Waals surface area contributed by atoms with Gasteiger partial charge in [0.1, 0.15) is 28.9 Å². The molecule has 0 bridgehead atoms. The molecule has 4 aliphatic rings. The summed E-state index contributed by atoms with van der Waals surface area (Å²) in [4.78, 5) is 96.1. The van der Waals surface area contributed by atoms with Gasteiger partial charge in [-0.3, -0.25) is 52.9 Å². The first-order chi connectivity index (χ1) is 33.9. The van der Waals surface area contributed by atoms with Gasteiger partial charge in [-0.25, -0.2) is 41.5 Å². The summed E-state index contributed by atoms with van der Waals surface area (Å²) in [5.74, 6) is -1.27. The molecule has 6 N–H and O–H groups in total. The molecule has 29 heteroatoms. The van der Waals surface area contributed by atoms with Crippen molar-refractivity contribution >= 4 is 145 Å². The summed E-state index contributed by atoms with van der Waals surface area (Å²) in [6.07, 6.45) is 7.24.